The highest BCUT2D eigenvalue weighted by Gasteiger charge is 2.23. The summed E-state index contributed by atoms with van der Waals surface area (Å²) in [4.78, 5) is 29.9. The maximum atomic E-state index is 12.5. The first kappa shape index (κ1) is 14.3. The number of nitrogens with one attached hydrogen (secondary N) is 2. The van der Waals surface area contributed by atoms with Crippen molar-refractivity contribution in [3.63, 3.8) is 0 Å². The Kier molecular flexibility index (Phi) is 4.92. The van der Waals surface area contributed by atoms with Crippen LogP contribution in [0.2, 0.25) is 0 Å². The third kappa shape index (κ3) is 3.46. The third-order valence-corrected chi connectivity index (χ3v) is 3.13. The fourth-order valence-corrected chi connectivity index (χ4v) is 2.11. The smallest absolute Gasteiger partial charge is 0.258 e. The molecule has 2 N–H and O–H groups in total. The van der Waals surface area contributed by atoms with Crippen molar-refractivity contribution in [2.45, 2.75) is 19.8 Å². The summed E-state index contributed by atoms with van der Waals surface area (Å²) in [5, 5.41) is 5.92. The number of rotatable bonds is 4. The van der Waals surface area contributed by atoms with Crippen molar-refractivity contribution in [1.29, 1.82) is 0 Å². The van der Waals surface area contributed by atoms with E-state index < -0.39 is 0 Å². The van der Waals surface area contributed by atoms with Crippen LogP contribution < -0.4 is 10.6 Å². The van der Waals surface area contributed by atoms with Gasteiger partial charge in [0.15, 0.2) is 0 Å². The first-order valence-electron chi connectivity index (χ1n) is 6.97. The molecule has 0 unspecified atom stereocenters. The minimum atomic E-state index is -0.145. The number of anilines is 1. The average molecular weight is 276 g/mol. The highest BCUT2D eigenvalue weighted by molar-refractivity contribution is 6.00. The maximum absolute atomic E-state index is 12.5. The standard InChI is InChI=1S/C14H20N4O2/c1-2-6-16-13-11(5-3-7-17-13)14(20)18-9-4-8-15-12(19)10-18/h3,5,7H,2,4,6,8-10H2,1H3,(H,15,19)(H,16,17). The number of aromatic nitrogens is 1. The van der Waals surface area contributed by atoms with Gasteiger partial charge >= 0.3 is 0 Å². The van der Waals surface area contributed by atoms with Crippen molar-refractivity contribution in [1.82, 2.24) is 15.2 Å². The van der Waals surface area contributed by atoms with Crippen molar-refractivity contribution < 1.29 is 9.59 Å². The minimum absolute atomic E-state index is 0.109. The molecule has 6 nitrogen and oxygen atoms in total. The molecule has 0 atom stereocenters. The van der Waals surface area contributed by atoms with E-state index in [0.717, 1.165) is 19.4 Å². The summed E-state index contributed by atoms with van der Waals surface area (Å²) in [6.07, 6.45) is 3.38. The van der Waals surface area contributed by atoms with E-state index in [2.05, 4.69) is 22.5 Å². The van der Waals surface area contributed by atoms with Gasteiger partial charge in [-0.3, -0.25) is 9.59 Å². The molecule has 2 heterocycles. The normalized spacial score (nSPS) is 15.4. The predicted molar refractivity (Wildman–Crippen MR) is 76.5 cm³/mol. The summed E-state index contributed by atoms with van der Waals surface area (Å²) in [7, 11) is 0. The third-order valence-electron chi connectivity index (χ3n) is 3.13. The Balaban J connectivity index is 2.17. The van der Waals surface area contributed by atoms with Crippen molar-refractivity contribution in [2.75, 3.05) is 31.5 Å². The summed E-state index contributed by atoms with van der Waals surface area (Å²) >= 11 is 0. The van der Waals surface area contributed by atoms with Gasteiger partial charge in [-0.2, -0.15) is 0 Å². The van der Waals surface area contributed by atoms with Crippen LogP contribution in [0.5, 0.6) is 0 Å². The Hall–Kier alpha value is -2.11. The van der Waals surface area contributed by atoms with Crippen molar-refractivity contribution in [3.8, 4) is 0 Å². The molecular formula is C14H20N4O2. The van der Waals surface area contributed by atoms with Crippen molar-refractivity contribution in [3.05, 3.63) is 23.9 Å². The second-order valence-corrected chi connectivity index (χ2v) is 4.76. The monoisotopic (exact) mass is 276 g/mol. The van der Waals surface area contributed by atoms with E-state index in [1.807, 2.05) is 0 Å². The van der Waals surface area contributed by atoms with Gasteiger partial charge in [-0.15, -0.1) is 0 Å². The molecule has 1 saturated heterocycles. The fourth-order valence-electron chi connectivity index (χ4n) is 2.11. The van der Waals surface area contributed by atoms with Gasteiger partial charge in [0.25, 0.3) is 5.91 Å². The number of carbonyl (C=O) groups excluding carboxylic acids is 2. The first-order valence-corrected chi connectivity index (χ1v) is 6.97. The number of amides is 2. The lowest BCUT2D eigenvalue weighted by Gasteiger charge is -2.20. The molecular weight excluding hydrogens is 256 g/mol. The Morgan fingerprint density at radius 2 is 2.40 bits per heavy atom. The molecule has 0 radical (unpaired) electrons. The molecule has 0 spiro atoms. The van der Waals surface area contributed by atoms with Crippen LogP contribution in [0.3, 0.4) is 0 Å². The maximum Gasteiger partial charge on any atom is 0.258 e. The molecule has 0 bridgehead atoms. The van der Waals surface area contributed by atoms with Crippen LogP contribution in [0.15, 0.2) is 18.3 Å². The number of nitrogens with zero attached hydrogens (tertiary/aromatic N) is 2. The topological polar surface area (TPSA) is 74.3 Å². The molecule has 108 valence electrons. The average Bonchev–Trinajstić information content (AvgIpc) is 2.69. The molecule has 1 aromatic heterocycles. The molecule has 2 amide bonds. The summed E-state index contributed by atoms with van der Waals surface area (Å²) in [6.45, 7) is 4.13. The predicted octanol–water partition coefficient (Wildman–Crippen LogP) is 0.866. The molecule has 1 aliphatic rings. The van der Waals surface area contributed by atoms with Gasteiger partial charge in [-0.25, -0.2) is 4.98 Å². The fraction of sp³-hybridized carbons (Fsp3) is 0.500. The lowest BCUT2D eigenvalue weighted by molar-refractivity contribution is -0.121. The molecule has 0 saturated carbocycles. The molecule has 1 fully saturated rings. The second-order valence-electron chi connectivity index (χ2n) is 4.76. The quantitative estimate of drug-likeness (QED) is 0.855. The lowest BCUT2D eigenvalue weighted by Crippen LogP contribution is -2.37. The van der Waals surface area contributed by atoms with Gasteiger partial charge in [0.2, 0.25) is 5.91 Å². The van der Waals surface area contributed by atoms with Crippen molar-refractivity contribution in [2.24, 2.45) is 0 Å². The van der Waals surface area contributed by atoms with E-state index >= 15 is 0 Å². The first-order chi connectivity index (χ1) is 9.72. The van der Waals surface area contributed by atoms with E-state index in [1.54, 1.807) is 23.2 Å². The molecule has 6 heteroatoms. The molecule has 1 aromatic rings. The SMILES string of the molecule is CCCNc1ncccc1C(=O)N1CCCNC(=O)C1. The van der Waals surface area contributed by atoms with Gasteiger partial charge in [-0.1, -0.05) is 6.92 Å². The Morgan fingerprint density at radius 1 is 1.55 bits per heavy atom. The summed E-state index contributed by atoms with van der Waals surface area (Å²) < 4.78 is 0. The van der Waals surface area contributed by atoms with Crippen LogP contribution >= 0.6 is 0 Å². The van der Waals surface area contributed by atoms with Crippen LogP contribution in [-0.2, 0) is 4.79 Å². The van der Waals surface area contributed by atoms with Crippen molar-refractivity contribution >= 4 is 17.6 Å². The minimum Gasteiger partial charge on any atom is -0.369 e. The lowest BCUT2D eigenvalue weighted by atomic mass is 10.2. The summed E-state index contributed by atoms with van der Waals surface area (Å²) in [6, 6.07) is 3.48. The second kappa shape index (κ2) is 6.88. The van der Waals surface area contributed by atoms with Gasteiger partial charge in [0.05, 0.1) is 12.1 Å². The molecule has 0 aromatic carbocycles. The molecule has 0 aliphatic carbocycles. The van der Waals surface area contributed by atoms with Gasteiger partial charge in [-0.05, 0) is 25.0 Å². The molecule has 1 aliphatic heterocycles. The van der Waals surface area contributed by atoms with E-state index in [4.69, 9.17) is 0 Å². The number of carbonyl (C=O) groups is 2. The zero-order chi connectivity index (χ0) is 14.4. The molecule has 2 rings (SSSR count). The van der Waals surface area contributed by atoms with E-state index in [0.29, 0.717) is 24.5 Å². The van der Waals surface area contributed by atoms with Crippen LogP contribution in [0.4, 0.5) is 5.82 Å². The zero-order valence-corrected chi connectivity index (χ0v) is 11.7. The van der Waals surface area contributed by atoms with E-state index in [-0.39, 0.29) is 18.4 Å². The number of hydrogen-bond donors (Lipinski definition) is 2. The zero-order valence-electron chi connectivity index (χ0n) is 11.7. The van der Waals surface area contributed by atoms with Crippen LogP contribution in [0, 0.1) is 0 Å². The van der Waals surface area contributed by atoms with Gasteiger partial charge in [0, 0.05) is 25.8 Å². The number of hydrogen-bond acceptors (Lipinski definition) is 4. The van der Waals surface area contributed by atoms with Crippen LogP contribution in [-0.4, -0.2) is 47.9 Å². The van der Waals surface area contributed by atoms with E-state index in [9.17, 15) is 9.59 Å². The van der Waals surface area contributed by atoms with Crippen LogP contribution in [0.25, 0.3) is 0 Å². The van der Waals surface area contributed by atoms with Gasteiger partial charge < -0.3 is 15.5 Å². The highest BCUT2D eigenvalue weighted by Crippen LogP contribution is 2.15. The van der Waals surface area contributed by atoms with Crippen LogP contribution in [0.1, 0.15) is 30.1 Å². The Bertz CT molecular complexity index is 490. The van der Waals surface area contributed by atoms with Gasteiger partial charge in [0.1, 0.15) is 5.82 Å². The van der Waals surface area contributed by atoms with E-state index in [1.165, 1.54) is 0 Å². The molecule has 20 heavy (non-hydrogen) atoms. The number of pyridine rings is 1. The highest BCUT2D eigenvalue weighted by atomic mass is 16.2. The summed E-state index contributed by atoms with van der Waals surface area (Å²) in [5.74, 6) is 0.334. The summed E-state index contributed by atoms with van der Waals surface area (Å²) in [5.41, 5.74) is 0.524. The Labute approximate surface area is 118 Å². The largest absolute Gasteiger partial charge is 0.369 e. The Morgan fingerprint density at radius 3 is 3.20 bits per heavy atom.